The molecule has 1 rings (SSSR count). The lowest BCUT2D eigenvalue weighted by Crippen LogP contribution is -2.05. The second kappa shape index (κ2) is 3.42. The van der Waals surface area contributed by atoms with Crippen molar-refractivity contribution in [1.29, 1.82) is 0 Å². The molecule has 0 saturated heterocycles. The van der Waals surface area contributed by atoms with Crippen molar-refractivity contribution in [3.63, 3.8) is 0 Å². The molecule has 12 heavy (non-hydrogen) atoms. The van der Waals surface area contributed by atoms with Crippen LogP contribution in [0.25, 0.3) is 0 Å². The Morgan fingerprint density at radius 1 is 1.67 bits per heavy atom. The first-order chi connectivity index (χ1) is 5.75. The lowest BCUT2D eigenvalue weighted by atomic mass is 10.3. The van der Waals surface area contributed by atoms with Crippen molar-refractivity contribution in [2.45, 2.75) is 0 Å². The summed E-state index contributed by atoms with van der Waals surface area (Å²) in [5.41, 5.74) is 5.32. The lowest BCUT2D eigenvalue weighted by molar-refractivity contribution is 0.0509. The predicted octanol–water partition coefficient (Wildman–Crippen LogP) is 0.502. The summed E-state index contributed by atoms with van der Waals surface area (Å²) in [6.45, 7) is 0. The third kappa shape index (κ3) is 1.54. The Labute approximate surface area is 67.3 Å². The fourth-order valence-electron chi connectivity index (χ4n) is 0.673. The summed E-state index contributed by atoms with van der Waals surface area (Å²) in [4.78, 5) is 27.8. The minimum atomic E-state index is -0.907. The fraction of sp³-hybridized carbons (Fsp3) is 0. The van der Waals surface area contributed by atoms with E-state index in [9.17, 15) is 9.70 Å². The molecule has 0 saturated carbocycles. The highest BCUT2D eigenvalue weighted by molar-refractivity contribution is 5.93. The second-order valence-electron chi connectivity index (χ2n) is 1.89. The number of nitrogen functional groups attached to an aromatic ring is 1. The highest BCUT2D eigenvalue weighted by Gasteiger charge is 2.11. The maximum atomic E-state index is 10.8. The van der Waals surface area contributed by atoms with Crippen LogP contribution < -0.4 is 5.73 Å². The van der Waals surface area contributed by atoms with Gasteiger partial charge in [-0.3, -0.25) is 4.84 Å². The minimum absolute atomic E-state index is 0.00569. The van der Waals surface area contributed by atoms with Gasteiger partial charge in [0.05, 0.1) is 0 Å². The number of aromatic nitrogens is 1. The molecule has 0 spiro atoms. The molecule has 0 aromatic carbocycles. The van der Waals surface area contributed by atoms with Crippen molar-refractivity contribution in [3.05, 3.63) is 28.8 Å². The molecule has 0 fully saturated rings. The maximum absolute atomic E-state index is 10.8. The van der Waals surface area contributed by atoms with E-state index in [1.165, 1.54) is 18.3 Å². The van der Waals surface area contributed by atoms with Crippen molar-refractivity contribution in [2.24, 2.45) is 5.34 Å². The van der Waals surface area contributed by atoms with Gasteiger partial charge in [-0.15, -0.1) is 4.91 Å². The first-order valence-corrected chi connectivity index (χ1v) is 3.00. The highest BCUT2D eigenvalue weighted by atomic mass is 16.7. The lowest BCUT2D eigenvalue weighted by Gasteiger charge is -1.97. The summed E-state index contributed by atoms with van der Waals surface area (Å²) >= 11 is 0. The van der Waals surface area contributed by atoms with Crippen molar-refractivity contribution >= 4 is 11.8 Å². The molecule has 0 atom stereocenters. The van der Waals surface area contributed by atoms with E-state index in [1.807, 2.05) is 5.34 Å². The quantitative estimate of drug-likeness (QED) is 0.511. The molecule has 1 heterocycles. The van der Waals surface area contributed by atoms with Crippen LogP contribution in [0.5, 0.6) is 0 Å². The van der Waals surface area contributed by atoms with Crippen LogP contribution in [0.15, 0.2) is 23.7 Å². The minimum Gasteiger partial charge on any atom is -0.383 e. The number of pyridine rings is 1. The van der Waals surface area contributed by atoms with Gasteiger partial charge in [0.15, 0.2) is 5.34 Å². The first kappa shape index (κ1) is 8.12. The molecule has 0 aliphatic rings. The fourth-order valence-corrected chi connectivity index (χ4v) is 0.673. The summed E-state index contributed by atoms with van der Waals surface area (Å²) in [7, 11) is 0. The molecule has 1 aromatic heterocycles. The first-order valence-electron chi connectivity index (χ1n) is 3.00. The van der Waals surface area contributed by atoms with Crippen molar-refractivity contribution in [1.82, 2.24) is 4.98 Å². The van der Waals surface area contributed by atoms with Crippen LogP contribution in [-0.4, -0.2) is 11.0 Å². The second-order valence-corrected chi connectivity index (χ2v) is 1.89. The Kier molecular flexibility index (Phi) is 2.32. The number of anilines is 1. The van der Waals surface area contributed by atoms with Crippen LogP contribution in [-0.2, 0) is 4.84 Å². The van der Waals surface area contributed by atoms with Gasteiger partial charge in [-0.05, 0) is 12.1 Å². The van der Waals surface area contributed by atoms with E-state index < -0.39 is 5.97 Å². The summed E-state index contributed by atoms with van der Waals surface area (Å²) < 4.78 is 0. The summed E-state index contributed by atoms with van der Waals surface area (Å²) in [5.74, 6) is -0.901. The van der Waals surface area contributed by atoms with Gasteiger partial charge >= 0.3 is 5.97 Å². The van der Waals surface area contributed by atoms with Crippen LogP contribution in [0.3, 0.4) is 0 Å². The summed E-state index contributed by atoms with van der Waals surface area (Å²) in [5, 5.41) is 1.97. The molecule has 1 aromatic rings. The molecule has 0 radical (unpaired) electrons. The molecule has 62 valence electrons. The average molecular weight is 167 g/mol. The smallest absolute Gasteiger partial charge is 0.372 e. The standard InChI is InChI=1S/C6H5N3O3/c7-5-4(2-1-3-8-5)6(10)12-9-11/h1-3H,(H2,7,8). The molecule has 0 bridgehead atoms. The van der Waals surface area contributed by atoms with Gasteiger partial charge in [-0.2, -0.15) is 0 Å². The molecule has 0 unspecified atom stereocenters. The van der Waals surface area contributed by atoms with Crippen LogP contribution in [0.4, 0.5) is 5.82 Å². The molecule has 6 nitrogen and oxygen atoms in total. The number of carbonyl (C=O) groups excluding carboxylic acids is 1. The van der Waals surface area contributed by atoms with Crippen LogP contribution in [0.1, 0.15) is 10.4 Å². The van der Waals surface area contributed by atoms with Gasteiger partial charge in [-0.1, -0.05) is 0 Å². The molecule has 0 amide bonds. The van der Waals surface area contributed by atoms with Gasteiger partial charge in [-0.25, -0.2) is 9.78 Å². The van der Waals surface area contributed by atoms with E-state index in [4.69, 9.17) is 5.73 Å². The highest BCUT2D eigenvalue weighted by Crippen LogP contribution is 2.08. The summed E-state index contributed by atoms with van der Waals surface area (Å²) in [6.07, 6.45) is 1.42. The van der Waals surface area contributed by atoms with E-state index in [-0.39, 0.29) is 11.4 Å². The SMILES string of the molecule is Nc1ncccc1C(=O)ON=O. The zero-order valence-electron chi connectivity index (χ0n) is 5.93. The Morgan fingerprint density at radius 2 is 2.42 bits per heavy atom. The van der Waals surface area contributed by atoms with Gasteiger partial charge in [0.1, 0.15) is 11.4 Å². The zero-order chi connectivity index (χ0) is 8.97. The van der Waals surface area contributed by atoms with Crippen LogP contribution in [0, 0.1) is 4.91 Å². The van der Waals surface area contributed by atoms with E-state index in [1.54, 1.807) is 0 Å². The largest absolute Gasteiger partial charge is 0.383 e. The number of nitrogens with zero attached hydrogens (tertiary/aromatic N) is 2. The molecular formula is C6H5N3O3. The number of hydrogen-bond acceptors (Lipinski definition) is 6. The normalized spacial score (nSPS) is 9.00. The predicted molar refractivity (Wildman–Crippen MR) is 39.9 cm³/mol. The van der Waals surface area contributed by atoms with Crippen LogP contribution >= 0.6 is 0 Å². The van der Waals surface area contributed by atoms with Crippen molar-refractivity contribution < 1.29 is 9.63 Å². The third-order valence-electron chi connectivity index (χ3n) is 1.18. The van der Waals surface area contributed by atoms with E-state index >= 15 is 0 Å². The molecule has 2 N–H and O–H groups in total. The van der Waals surface area contributed by atoms with E-state index in [0.29, 0.717) is 0 Å². The van der Waals surface area contributed by atoms with E-state index in [2.05, 4.69) is 9.82 Å². The molecular weight excluding hydrogens is 162 g/mol. The number of carbonyl (C=O) groups is 1. The van der Waals surface area contributed by atoms with Gasteiger partial charge in [0, 0.05) is 6.20 Å². The maximum Gasteiger partial charge on any atom is 0.372 e. The number of nitrogens with two attached hydrogens (primary N) is 1. The molecule has 0 aliphatic carbocycles. The Balaban J connectivity index is 2.94. The van der Waals surface area contributed by atoms with E-state index in [0.717, 1.165) is 0 Å². The topological polar surface area (TPSA) is 94.6 Å². The molecule has 0 aliphatic heterocycles. The average Bonchev–Trinajstić information content (AvgIpc) is 2.05. The van der Waals surface area contributed by atoms with Gasteiger partial charge in [0.25, 0.3) is 0 Å². The number of rotatable bonds is 2. The Hall–Kier alpha value is -1.98. The molecule has 6 heteroatoms. The van der Waals surface area contributed by atoms with Gasteiger partial charge in [0.2, 0.25) is 0 Å². The monoisotopic (exact) mass is 167 g/mol. The zero-order valence-corrected chi connectivity index (χ0v) is 5.93. The Morgan fingerprint density at radius 3 is 3.00 bits per heavy atom. The van der Waals surface area contributed by atoms with Crippen molar-refractivity contribution in [2.75, 3.05) is 5.73 Å². The van der Waals surface area contributed by atoms with Crippen molar-refractivity contribution in [3.8, 4) is 0 Å². The summed E-state index contributed by atoms with van der Waals surface area (Å²) in [6, 6.07) is 2.88. The number of hydrogen-bond donors (Lipinski definition) is 1. The van der Waals surface area contributed by atoms with Crippen LogP contribution in [0.2, 0.25) is 0 Å². The Bertz CT molecular complexity index is 313. The van der Waals surface area contributed by atoms with Gasteiger partial charge < -0.3 is 5.73 Å². The third-order valence-corrected chi connectivity index (χ3v) is 1.18.